The van der Waals surface area contributed by atoms with E-state index in [1.165, 1.54) is 42.3 Å². The van der Waals surface area contributed by atoms with Gasteiger partial charge < -0.3 is 24.3 Å². The summed E-state index contributed by atoms with van der Waals surface area (Å²) < 4.78 is 51.9. The molecule has 1 aliphatic carbocycles. The lowest BCUT2D eigenvalue weighted by Gasteiger charge is -2.46. The molecule has 1 fully saturated rings. The van der Waals surface area contributed by atoms with Crippen LogP contribution in [0.4, 0.5) is 13.6 Å². The number of alkyl carbamates (subject to hydrolysis) is 1. The average molecular weight is 676 g/mol. The number of nitrogens with zero attached hydrogens (tertiary/aromatic N) is 2. The fraction of sp³-hybridized carbons (Fsp3) is 0.375. The molecule has 46 heavy (non-hydrogen) atoms. The second-order valence-corrected chi connectivity index (χ2v) is 13.5. The Kier molecular flexibility index (Phi) is 9.02. The topological polar surface area (TPSA) is 118 Å². The number of benzene rings is 2. The van der Waals surface area contributed by atoms with Crippen molar-refractivity contribution >= 4 is 45.2 Å². The number of nitrogens with one attached hydrogen (secondary N) is 1. The first-order valence-electron chi connectivity index (χ1n) is 14.3. The molecular formula is C32H32ClF2N3O7S. The van der Waals surface area contributed by atoms with E-state index in [0.717, 1.165) is 10.4 Å². The molecule has 4 aromatic rings. The first-order valence-corrected chi connectivity index (χ1v) is 15.5. The lowest BCUT2D eigenvalue weighted by molar-refractivity contribution is -0.235. The molecule has 1 amide bonds. The quantitative estimate of drug-likeness (QED) is 0.193. The molecule has 0 spiro atoms. The Morgan fingerprint density at radius 1 is 1.11 bits per heavy atom. The Bertz CT molecular complexity index is 1830. The first kappa shape index (κ1) is 33.1. The molecule has 1 N–H and O–H groups in total. The summed E-state index contributed by atoms with van der Waals surface area (Å²) in [7, 11) is 1.39. The van der Waals surface area contributed by atoms with E-state index in [1.807, 2.05) is 18.2 Å². The van der Waals surface area contributed by atoms with Gasteiger partial charge in [0.25, 0.3) is 11.5 Å². The highest BCUT2D eigenvalue weighted by Gasteiger charge is 2.60. The van der Waals surface area contributed by atoms with Crippen molar-refractivity contribution in [3.63, 3.8) is 0 Å². The summed E-state index contributed by atoms with van der Waals surface area (Å²) in [5.74, 6) is -3.58. The van der Waals surface area contributed by atoms with Crippen LogP contribution >= 0.6 is 22.9 Å². The smallest absolute Gasteiger partial charge is 0.408 e. The van der Waals surface area contributed by atoms with Gasteiger partial charge in [-0.05, 0) is 63.6 Å². The molecule has 2 heterocycles. The van der Waals surface area contributed by atoms with Gasteiger partial charge in [0.15, 0.2) is 17.1 Å². The van der Waals surface area contributed by atoms with Crippen molar-refractivity contribution in [2.45, 2.75) is 63.7 Å². The number of rotatable bonds is 9. The Morgan fingerprint density at radius 2 is 1.80 bits per heavy atom. The predicted molar refractivity (Wildman–Crippen MR) is 170 cm³/mol. The van der Waals surface area contributed by atoms with Crippen molar-refractivity contribution in [3.05, 3.63) is 70.2 Å². The minimum absolute atomic E-state index is 0.181. The zero-order valence-corrected chi connectivity index (χ0v) is 27.3. The lowest BCUT2D eigenvalue weighted by Crippen LogP contribution is -2.59. The molecule has 0 unspecified atom stereocenters. The number of halogens is 3. The second-order valence-electron chi connectivity index (χ2n) is 12.1. The monoisotopic (exact) mass is 675 g/mol. The SMILES string of the molecule is COc1cc(-n2cnc3cc(-c4ccc(Cl)cc4)sc3c2=O)ccc1OCC1(OC(=O)[C@H](C)NC(=O)OC(C)(C)C)CC(F)(F)C1. The lowest BCUT2D eigenvalue weighted by atomic mass is 9.77. The van der Waals surface area contributed by atoms with Crippen molar-refractivity contribution in [2.75, 3.05) is 13.7 Å². The summed E-state index contributed by atoms with van der Waals surface area (Å²) in [6.45, 7) is 5.95. The van der Waals surface area contributed by atoms with E-state index in [9.17, 15) is 23.2 Å². The van der Waals surface area contributed by atoms with Crippen LogP contribution in [-0.2, 0) is 14.3 Å². The van der Waals surface area contributed by atoms with Gasteiger partial charge in [-0.15, -0.1) is 11.3 Å². The number of fused-ring (bicyclic) bond motifs is 1. The molecule has 2 aromatic heterocycles. The molecule has 0 aliphatic heterocycles. The molecule has 14 heteroatoms. The van der Waals surface area contributed by atoms with Gasteiger partial charge in [0.05, 0.1) is 31.2 Å². The number of alkyl halides is 2. The summed E-state index contributed by atoms with van der Waals surface area (Å²) in [6.07, 6.45) is -0.952. The third-order valence-corrected chi connectivity index (χ3v) is 8.46. The Balaban J connectivity index is 1.32. The maximum absolute atomic E-state index is 14.1. The van der Waals surface area contributed by atoms with Crippen LogP contribution in [0.1, 0.15) is 40.5 Å². The number of hydrogen-bond donors (Lipinski definition) is 1. The van der Waals surface area contributed by atoms with E-state index in [0.29, 0.717) is 20.9 Å². The van der Waals surface area contributed by atoms with Gasteiger partial charge in [0.2, 0.25) is 0 Å². The minimum atomic E-state index is -3.05. The molecule has 10 nitrogen and oxygen atoms in total. The van der Waals surface area contributed by atoms with Gasteiger partial charge in [0, 0.05) is 16.0 Å². The fourth-order valence-corrected chi connectivity index (χ4v) is 6.10. The van der Waals surface area contributed by atoms with E-state index < -0.39 is 54.7 Å². The number of aromatic nitrogens is 2. The number of amides is 1. The van der Waals surface area contributed by atoms with Gasteiger partial charge in [-0.2, -0.15) is 0 Å². The van der Waals surface area contributed by atoms with Crippen LogP contribution in [-0.4, -0.2) is 58.5 Å². The van der Waals surface area contributed by atoms with Gasteiger partial charge in [-0.25, -0.2) is 23.4 Å². The fourth-order valence-electron chi connectivity index (χ4n) is 4.93. The number of carbonyl (C=O) groups excluding carboxylic acids is 2. The number of esters is 1. The van der Waals surface area contributed by atoms with E-state index in [-0.39, 0.29) is 17.1 Å². The highest BCUT2D eigenvalue weighted by Crippen LogP contribution is 2.48. The van der Waals surface area contributed by atoms with Crippen LogP contribution in [0.25, 0.3) is 26.3 Å². The van der Waals surface area contributed by atoms with Gasteiger partial charge in [-0.1, -0.05) is 23.7 Å². The molecule has 0 radical (unpaired) electrons. The molecule has 1 atom stereocenters. The van der Waals surface area contributed by atoms with Crippen molar-refractivity contribution < 1.29 is 37.3 Å². The van der Waals surface area contributed by atoms with E-state index in [4.69, 9.17) is 30.5 Å². The molecule has 1 saturated carbocycles. The number of hydrogen-bond acceptors (Lipinski definition) is 9. The van der Waals surface area contributed by atoms with Crippen molar-refractivity contribution in [3.8, 4) is 27.6 Å². The van der Waals surface area contributed by atoms with Crippen LogP contribution in [0.15, 0.2) is 59.7 Å². The molecule has 1 aliphatic rings. The first-order chi connectivity index (χ1) is 21.6. The van der Waals surface area contributed by atoms with E-state index in [1.54, 1.807) is 45.0 Å². The Hall–Kier alpha value is -4.23. The van der Waals surface area contributed by atoms with Crippen molar-refractivity contribution in [1.82, 2.24) is 14.9 Å². The number of methoxy groups -OCH3 is 1. The van der Waals surface area contributed by atoms with Crippen LogP contribution in [0, 0.1) is 0 Å². The highest BCUT2D eigenvalue weighted by molar-refractivity contribution is 7.22. The summed E-state index contributed by atoms with van der Waals surface area (Å²) in [5, 5.41) is 2.95. The van der Waals surface area contributed by atoms with Gasteiger partial charge in [-0.3, -0.25) is 9.36 Å². The third-order valence-electron chi connectivity index (χ3n) is 7.05. The van der Waals surface area contributed by atoms with E-state index >= 15 is 0 Å². The van der Waals surface area contributed by atoms with Gasteiger partial charge >= 0.3 is 12.1 Å². The zero-order valence-electron chi connectivity index (χ0n) is 25.7. The summed E-state index contributed by atoms with van der Waals surface area (Å²) in [4.78, 5) is 43.6. The molecule has 2 aromatic carbocycles. The average Bonchev–Trinajstić information content (AvgIpc) is 3.40. The summed E-state index contributed by atoms with van der Waals surface area (Å²) in [6, 6.07) is 12.6. The molecule has 5 rings (SSSR count). The molecule has 0 bridgehead atoms. The Morgan fingerprint density at radius 3 is 2.43 bits per heavy atom. The minimum Gasteiger partial charge on any atom is -0.493 e. The number of thiophene rings is 1. The number of carbonyl (C=O) groups is 2. The second kappa shape index (κ2) is 12.5. The van der Waals surface area contributed by atoms with Gasteiger partial charge in [0.1, 0.15) is 29.3 Å². The van der Waals surface area contributed by atoms with Crippen LogP contribution in [0.3, 0.4) is 0 Å². The Labute approximate surface area is 272 Å². The van der Waals surface area contributed by atoms with Crippen molar-refractivity contribution in [1.29, 1.82) is 0 Å². The molecule has 0 saturated heterocycles. The van der Waals surface area contributed by atoms with Crippen molar-refractivity contribution in [2.24, 2.45) is 0 Å². The zero-order chi connectivity index (χ0) is 33.4. The maximum atomic E-state index is 14.1. The van der Waals surface area contributed by atoms with Crippen LogP contribution in [0.5, 0.6) is 11.5 Å². The van der Waals surface area contributed by atoms with Crippen LogP contribution in [0.2, 0.25) is 5.02 Å². The molecule has 244 valence electrons. The normalized spacial score (nSPS) is 15.8. The third kappa shape index (κ3) is 7.42. The molecular weight excluding hydrogens is 644 g/mol. The van der Waals surface area contributed by atoms with Crippen LogP contribution < -0.4 is 20.3 Å². The van der Waals surface area contributed by atoms with E-state index in [2.05, 4.69) is 10.3 Å². The predicted octanol–water partition coefficient (Wildman–Crippen LogP) is 6.78. The largest absolute Gasteiger partial charge is 0.493 e. The maximum Gasteiger partial charge on any atom is 0.408 e. The highest BCUT2D eigenvalue weighted by atomic mass is 35.5. The summed E-state index contributed by atoms with van der Waals surface area (Å²) in [5.41, 5.74) is -0.832. The number of ether oxygens (including phenoxy) is 4. The summed E-state index contributed by atoms with van der Waals surface area (Å²) >= 11 is 7.31. The standard InChI is InChI=1S/C32H32ClF2N3O7S/c1-18(37-29(41)45-30(2,3)4)28(40)44-31(14-32(34,35)15-31)16-43-23-11-10-21(12-24(23)42-5)38-17-36-22-13-25(46-26(22)27(38)39)19-6-8-20(33)9-7-19/h6-13,17-18H,14-16H2,1-5H3,(H,37,41)/t18-/m0/s1.